The minimum atomic E-state index is -0.193. The van der Waals surface area contributed by atoms with Gasteiger partial charge in [0.1, 0.15) is 0 Å². The number of nitrogens with two attached hydrogens (primary N) is 2. The first-order valence-corrected chi connectivity index (χ1v) is 11.8. The molecule has 2 amide bonds. The molecule has 0 saturated carbocycles. The van der Waals surface area contributed by atoms with Crippen LogP contribution in [0.15, 0.2) is 73.3 Å². The predicted molar refractivity (Wildman–Crippen MR) is 144 cm³/mol. The fraction of sp³-hybridized carbons (Fsp3) is 0.179. The van der Waals surface area contributed by atoms with E-state index >= 15 is 0 Å². The van der Waals surface area contributed by atoms with E-state index in [1.807, 2.05) is 42.5 Å². The number of aromatic nitrogens is 3. The molecule has 4 aromatic rings. The number of pyridine rings is 3. The zero-order valence-corrected chi connectivity index (χ0v) is 20.8. The molecule has 37 heavy (non-hydrogen) atoms. The zero-order chi connectivity index (χ0) is 26.4. The molecule has 0 unspecified atom stereocenters. The number of nitrogens with one attached hydrogen (secondary N) is 1. The third-order valence-electron chi connectivity index (χ3n) is 5.85. The van der Waals surface area contributed by atoms with Gasteiger partial charge in [-0.2, -0.15) is 0 Å². The SMILES string of the molecule is CN(C)C(=O)c1cnc(-c2cc(-c3ccncc3)cnc2CNC(=O)CCc2cccc(N)c2)c(N)c1. The topological polar surface area (TPSA) is 140 Å². The summed E-state index contributed by atoms with van der Waals surface area (Å²) < 4.78 is 0. The monoisotopic (exact) mass is 495 g/mol. The Morgan fingerprint density at radius 3 is 2.43 bits per heavy atom. The summed E-state index contributed by atoms with van der Waals surface area (Å²) in [6.45, 7) is 0.196. The van der Waals surface area contributed by atoms with Crippen LogP contribution in [0.1, 0.15) is 28.0 Å². The second-order valence-corrected chi connectivity index (χ2v) is 8.84. The van der Waals surface area contributed by atoms with Crippen molar-refractivity contribution in [2.45, 2.75) is 19.4 Å². The number of amides is 2. The van der Waals surface area contributed by atoms with E-state index < -0.39 is 0 Å². The van der Waals surface area contributed by atoms with Gasteiger partial charge in [0.2, 0.25) is 5.91 Å². The molecule has 9 heteroatoms. The van der Waals surface area contributed by atoms with Gasteiger partial charge in [-0.3, -0.25) is 24.5 Å². The summed E-state index contributed by atoms with van der Waals surface area (Å²) in [5, 5.41) is 2.95. The largest absolute Gasteiger partial charge is 0.399 e. The number of anilines is 2. The first-order chi connectivity index (χ1) is 17.8. The Morgan fingerprint density at radius 1 is 0.946 bits per heavy atom. The smallest absolute Gasteiger partial charge is 0.254 e. The number of rotatable bonds is 8. The van der Waals surface area contributed by atoms with Gasteiger partial charge >= 0.3 is 0 Å². The zero-order valence-electron chi connectivity index (χ0n) is 20.8. The molecule has 4 rings (SSSR count). The molecule has 0 aliphatic rings. The van der Waals surface area contributed by atoms with Crippen LogP contribution in [0.25, 0.3) is 22.4 Å². The van der Waals surface area contributed by atoms with Crippen molar-refractivity contribution in [3.8, 4) is 22.4 Å². The van der Waals surface area contributed by atoms with E-state index in [2.05, 4.69) is 20.3 Å². The molecule has 0 aliphatic heterocycles. The van der Waals surface area contributed by atoms with Gasteiger partial charge in [0.15, 0.2) is 0 Å². The quantitative estimate of drug-likeness (QED) is 0.319. The number of nitrogens with zero attached hydrogens (tertiary/aromatic N) is 4. The van der Waals surface area contributed by atoms with Crippen LogP contribution in [0.2, 0.25) is 0 Å². The van der Waals surface area contributed by atoms with Gasteiger partial charge in [-0.05, 0) is 53.9 Å². The van der Waals surface area contributed by atoms with Crippen molar-refractivity contribution >= 4 is 23.2 Å². The second kappa shape index (κ2) is 11.3. The molecule has 1 aromatic carbocycles. The van der Waals surface area contributed by atoms with E-state index in [1.165, 1.54) is 11.1 Å². The summed E-state index contributed by atoms with van der Waals surface area (Å²) in [6, 6.07) is 14.8. The molecule has 0 aliphatic carbocycles. The van der Waals surface area contributed by atoms with Crippen molar-refractivity contribution in [2.24, 2.45) is 0 Å². The normalized spacial score (nSPS) is 10.6. The maximum atomic E-state index is 12.6. The lowest BCUT2D eigenvalue weighted by Crippen LogP contribution is -2.24. The van der Waals surface area contributed by atoms with Gasteiger partial charge in [-0.15, -0.1) is 0 Å². The van der Waals surface area contributed by atoms with Crippen LogP contribution in [0, 0.1) is 0 Å². The van der Waals surface area contributed by atoms with E-state index in [0.717, 1.165) is 16.7 Å². The van der Waals surface area contributed by atoms with Crippen LogP contribution in [0.3, 0.4) is 0 Å². The average molecular weight is 496 g/mol. The lowest BCUT2D eigenvalue weighted by molar-refractivity contribution is -0.121. The number of nitrogen functional groups attached to an aromatic ring is 2. The molecule has 0 bridgehead atoms. The molecule has 5 N–H and O–H groups in total. The van der Waals surface area contributed by atoms with Crippen LogP contribution >= 0.6 is 0 Å². The van der Waals surface area contributed by atoms with Crippen molar-refractivity contribution in [1.29, 1.82) is 0 Å². The molecule has 3 aromatic heterocycles. The number of benzene rings is 1. The van der Waals surface area contributed by atoms with Crippen molar-refractivity contribution in [1.82, 2.24) is 25.2 Å². The van der Waals surface area contributed by atoms with Crippen LogP contribution in [0.5, 0.6) is 0 Å². The van der Waals surface area contributed by atoms with E-state index in [-0.39, 0.29) is 18.4 Å². The number of carbonyl (C=O) groups is 2. The first-order valence-electron chi connectivity index (χ1n) is 11.8. The van der Waals surface area contributed by atoms with E-state index in [4.69, 9.17) is 11.5 Å². The Labute approximate surface area is 215 Å². The summed E-state index contributed by atoms with van der Waals surface area (Å²) in [7, 11) is 3.34. The standard InChI is InChI=1S/C28H29N7O2/c1-35(2)28(37)21-14-24(30)27(34-16-21)23-13-20(19-8-10-31-11-9-19)15-32-25(23)17-33-26(36)7-6-18-4-3-5-22(29)12-18/h3-5,8-16H,6-7,17,29-30H2,1-2H3,(H,33,36). The number of carbonyl (C=O) groups excluding carboxylic acids is 2. The first kappa shape index (κ1) is 25.3. The molecule has 0 spiro atoms. The molecule has 0 atom stereocenters. The fourth-order valence-electron chi connectivity index (χ4n) is 3.90. The summed E-state index contributed by atoms with van der Waals surface area (Å²) in [5.41, 5.74) is 18.1. The molecule has 0 radical (unpaired) electrons. The lowest BCUT2D eigenvalue weighted by atomic mass is 10.0. The highest BCUT2D eigenvalue weighted by molar-refractivity contribution is 5.95. The van der Waals surface area contributed by atoms with E-state index in [9.17, 15) is 9.59 Å². The van der Waals surface area contributed by atoms with Gasteiger partial charge < -0.3 is 21.7 Å². The third kappa shape index (κ3) is 6.26. The summed E-state index contributed by atoms with van der Waals surface area (Å²) >= 11 is 0. The highest BCUT2D eigenvalue weighted by atomic mass is 16.2. The van der Waals surface area contributed by atoms with Crippen molar-refractivity contribution < 1.29 is 9.59 Å². The molecule has 188 valence electrons. The van der Waals surface area contributed by atoms with Gasteiger partial charge in [-0.25, -0.2) is 0 Å². The van der Waals surface area contributed by atoms with Gasteiger partial charge in [0.25, 0.3) is 5.91 Å². The van der Waals surface area contributed by atoms with Crippen molar-refractivity contribution in [3.63, 3.8) is 0 Å². The minimum absolute atomic E-state index is 0.110. The van der Waals surface area contributed by atoms with Gasteiger partial charge in [0, 0.05) is 62.1 Å². The van der Waals surface area contributed by atoms with Gasteiger partial charge in [-0.1, -0.05) is 12.1 Å². The van der Waals surface area contributed by atoms with Crippen molar-refractivity contribution in [2.75, 3.05) is 25.6 Å². The summed E-state index contributed by atoms with van der Waals surface area (Å²) in [6.07, 6.45) is 7.55. The van der Waals surface area contributed by atoms with Crippen LogP contribution in [-0.2, 0) is 17.8 Å². The lowest BCUT2D eigenvalue weighted by Gasteiger charge is -2.15. The van der Waals surface area contributed by atoms with Gasteiger partial charge in [0.05, 0.1) is 29.2 Å². The molecule has 0 fully saturated rings. The molecule has 9 nitrogen and oxygen atoms in total. The Hall–Kier alpha value is -4.79. The van der Waals surface area contributed by atoms with Crippen LogP contribution in [0.4, 0.5) is 11.4 Å². The summed E-state index contributed by atoms with van der Waals surface area (Å²) in [4.78, 5) is 39.7. The minimum Gasteiger partial charge on any atom is -0.399 e. The molecule has 0 saturated heterocycles. The predicted octanol–water partition coefficient (Wildman–Crippen LogP) is 3.32. The Bertz CT molecular complexity index is 1420. The maximum Gasteiger partial charge on any atom is 0.254 e. The number of hydrogen-bond acceptors (Lipinski definition) is 7. The Morgan fingerprint density at radius 2 is 1.73 bits per heavy atom. The third-order valence-corrected chi connectivity index (χ3v) is 5.85. The highest BCUT2D eigenvalue weighted by Gasteiger charge is 2.17. The fourth-order valence-corrected chi connectivity index (χ4v) is 3.90. The van der Waals surface area contributed by atoms with Crippen molar-refractivity contribution in [3.05, 3.63) is 90.1 Å². The van der Waals surface area contributed by atoms with Crippen LogP contribution in [-0.4, -0.2) is 45.8 Å². The highest BCUT2D eigenvalue weighted by Crippen LogP contribution is 2.31. The van der Waals surface area contributed by atoms with E-state index in [1.54, 1.807) is 38.8 Å². The number of hydrogen-bond donors (Lipinski definition) is 3. The Kier molecular flexibility index (Phi) is 7.73. The summed E-state index contributed by atoms with van der Waals surface area (Å²) in [5.74, 6) is -0.302. The molecular formula is C28H29N7O2. The molecular weight excluding hydrogens is 466 g/mol. The Balaban J connectivity index is 1.60. The van der Waals surface area contributed by atoms with E-state index in [0.29, 0.717) is 46.7 Å². The molecule has 3 heterocycles. The maximum absolute atomic E-state index is 12.6. The average Bonchev–Trinajstić information content (AvgIpc) is 2.90. The second-order valence-electron chi connectivity index (χ2n) is 8.84. The van der Waals surface area contributed by atoms with Crippen LogP contribution < -0.4 is 16.8 Å². The number of aryl methyl sites for hydroxylation is 1.